The fourth-order valence-electron chi connectivity index (χ4n) is 0. The van der Waals surface area contributed by atoms with Gasteiger partial charge in [0.2, 0.25) is 0 Å². The monoisotopic (exact) mass is 274 g/mol. The summed E-state index contributed by atoms with van der Waals surface area (Å²) < 4.78 is 8.25. The van der Waals surface area contributed by atoms with Gasteiger partial charge in [0.15, 0.2) is 0 Å². The quantitative estimate of drug-likeness (QED) is 0.507. The van der Waals surface area contributed by atoms with Crippen molar-refractivity contribution in [1.82, 2.24) is 10.1 Å². The molecule has 0 saturated heterocycles. The summed E-state index contributed by atoms with van der Waals surface area (Å²) in [7, 11) is 13.2. The molecule has 0 rings (SSSR count). The first kappa shape index (κ1) is 29.9. The molecule has 100 valence electrons. The van der Waals surface area contributed by atoms with Gasteiger partial charge in [-0.05, 0) is 0 Å². The summed E-state index contributed by atoms with van der Waals surface area (Å²) in [5.74, 6) is 0. The Kier molecular flexibility index (Phi) is 84.9. The van der Waals surface area contributed by atoms with Crippen molar-refractivity contribution in [2.24, 2.45) is 0 Å². The number of hydrogen-bond donors (Lipinski definition) is 2. The van der Waals surface area contributed by atoms with E-state index in [2.05, 4.69) is 10.6 Å². The van der Waals surface area contributed by atoms with Crippen LogP contribution in [0, 0.1) is 0 Å². The Morgan fingerprint density at radius 2 is 0.750 bits per heavy atom. The fourth-order valence-corrected chi connectivity index (χ4v) is 0. The third-order valence-electron chi connectivity index (χ3n) is 0. The zero-order chi connectivity index (χ0) is 14.6. The van der Waals surface area contributed by atoms with Crippen LogP contribution in [0.3, 0.4) is 0 Å². The molecule has 16 heavy (non-hydrogen) atoms. The van der Waals surface area contributed by atoms with Gasteiger partial charge < -0.3 is 21.0 Å². The van der Waals surface area contributed by atoms with Crippen LogP contribution in [0.5, 0.6) is 0 Å². The molecule has 0 spiro atoms. The second-order valence-electron chi connectivity index (χ2n) is 2.59. The molecule has 0 aromatic heterocycles. The predicted molar refractivity (Wildman–Crippen MR) is 62.0 cm³/mol. The summed E-state index contributed by atoms with van der Waals surface area (Å²) in [6.07, 6.45) is 0. The molecule has 0 amide bonds. The van der Waals surface area contributed by atoms with E-state index in [9.17, 15) is 0 Å². The van der Waals surface area contributed by atoms with Gasteiger partial charge >= 0.3 is 23.7 Å². The van der Waals surface area contributed by atoms with Crippen LogP contribution in [0.2, 0.25) is 0 Å². The second kappa shape index (κ2) is 45.5. The van der Waals surface area contributed by atoms with Crippen molar-refractivity contribution >= 4 is 0 Å². The van der Waals surface area contributed by atoms with E-state index in [1.54, 1.807) is 56.4 Å². The van der Waals surface area contributed by atoms with E-state index >= 15 is 0 Å². The van der Waals surface area contributed by atoms with E-state index in [1.807, 2.05) is 0 Å². The van der Waals surface area contributed by atoms with Gasteiger partial charge in [0, 0.05) is 28.2 Å². The molecule has 0 unspecified atom stereocenters. The van der Waals surface area contributed by atoms with E-state index in [0.717, 1.165) is 30.5 Å². The molecule has 8 heteroatoms. The SMILES string of the molecule is CN(C)O.CN(C)O.C[N-]C.C[N-]C.[O]=[Ti+2]. The Bertz CT molecular complexity index is 66.8. The van der Waals surface area contributed by atoms with E-state index in [-0.39, 0.29) is 0 Å². The molecule has 0 radical (unpaired) electrons. The molecule has 0 fully saturated rings. The van der Waals surface area contributed by atoms with Gasteiger partial charge in [-0.15, -0.1) is 0 Å². The van der Waals surface area contributed by atoms with Gasteiger partial charge in [0.25, 0.3) is 0 Å². The molecule has 7 nitrogen and oxygen atoms in total. The van der Waals surface area contributed by atoms with Crippen LogP contribution in [-0.2, 0) is 23.7 Å². The van der Waals surface area contributed by atoms with Gasteiger partial charge in [0.1, 0.15) is 0 Å². The Morgan fingerprint density at radius 3 is 0.750 bits per heavy atom. The normalized spacial score (nSPS) is 7.12. The zero-order valence-corrected chi connectivity index (χ0v) is 13.2. The molecule has 0 aliphatic rings. The van der Waals surface area contributed by atoms with Crippen molar-refractivity contribution in [2.45, 2.75) is 0 Å². The molecule has 0 heterocycles. The van der Waals surface area contributed by atoms with Crippen LogP contribution >= 0.6 is 0 Å². The van der Waals surface area contributed by atoms with Crippen molar-refractivity contribution in [3.8, 4) is 0 Å². The molecule has 2 N–H and O–H groups in total. The van der Waals surface area contributed by atoms with Gasteiger partial charge in [-0.25, -0.2) is 0 Å². The van der Waals surface area contributed by atoms with Crippen molar-refractivity contribution in [2.75, 3.05) is 56.4 Å². The van der Waals surface area contributed by atoms with Crippen LogP contribution in [0.4, 0.5) is 0 Å². The first-order valence-electron chi connectivity index (χ1n) is 4.18. The van der Waals surface area contributed by atoms with Crippen LogP contribution in [0.25, 0.3) is 10.6 Å². The summed E-state index contributed by atoms with van der Waals surface area (Å²) in [5.41, 5.74) is 0. The van der Waals surface area contributed by atoms with Crippen molar-refractivity contribution in [3.05, 3.63) is 10.6 Å². The van der Waals surface area contributed by atoms with Crippen LogP contribution < -0.4 is 0 Å². The standard InChI is InChI=1S/2C2H7NO.2C2H6N.O.Ti/c2*1-3(2)4;2*1-3-2;;/h2*4H,1-2H3;2*1-2H3;;/q;;2*-1;;+2. The molecule has 0 aliphatic carbocycles. The first-order chi connectivity index (χ1) is 7.29. The molecule has 0 saturated carbocycles. The van der Waals surface area contributed by atoms with Gasteiger partial charge in [-0.2, -0.15) is 38.3 Å². The maximum absolute atomic E-state index is 8.25. The molecular weight excluding hydrogens is 248 g/mol. The first-order valence-corrected chi connectivity index (χ1v) is 4.82. The Hall–Kier alpha value is 0.274. The topological polar surface area (TPSA) is 92.2 Å². The third kappa shape index (κ3) is 33400. The van der Waals surface area contributed by atoms with Crippen molar-refractivity contribution in [1.29, 1.82) is 0 Å². The van der Waals surface area contributed by atoms with Crippen molar-refractivity contribution < 1.29 is 34.1 Å². The molecule has 0 aromatic carbocycles. The minimum absolute atomic E-state index is 0.750. The Morgan fingerprint density at radius 1 is 0.750 bits per heavy atom. The Labute approximate surface area is 111 Å². The molecule has 0 aliphatic heterocycles. The summed E-state index contributed by atoms with van der Waals surface area (Å²) in [6.45, 7) is 0. The van der Waals surface area contributed by atoms with Crippen LogP contribution in [0.15, 0.2) is 0 Å². The molecule has 0 bridgehead atoms. The van der Waals surface area contributed by atoms with E-state index in [0.29, 0.717) is 0 Å². The summed E-state index contributed by atoms with van der Waals surface area (Å²) in [6, 6.07) is 0. The van der Waals surface area contributed by atoms with Gasteiger partial charge in [0.05, 0.1) is 0 Å². The average molecular weight is 274 g/mol. The second-order valence-corrected chi connectivity index (χ2v) is 2.59. The van der Waals surface area contributed by atoms with Crippen LogP contribution in [-0.4, -0.2) is 76.9 Å². The molecule has 0 atom stereocenters. The minimum atomic E-state index is 0.750. The zero-order valence-electron chi connectivity index (χ0n) is 11.6. The summed E-state index contributed by atoms with van der Waals surface area (Å²) in [4.78, 5) is 0. The van der Waals surface area contributed by atoms with Crippen LogP contribution in [0.1, 0.15) is 0 Å². The fraction of sp³-hybridized carbons (Fsp3) is 1.00. The molecule has 0 aromatic rings. The van der Waals surface area contributed by atoms with Gasteiger partial charge in [-0.3, -0.25) is 0 Å². The van der Waals surface area contributed by atoms with E-state index in [1.165, 1.54) is 0 Å². The summed E-state index contributed by atoms with van der Waals surface area (Å²) >= 11 is 0.750. The third-order valence-corrected chi connectivity index (χ3v) is 0. The van der Waals surface area contributed by atoms with Crippen molar-refractivity contribution in [3.63, 3.8) is 0 Å². The number of hydroxylamine groups is 4. The maximum atomic E-state index is 8.25. The molecular formula is C8H26N4O3Ti. The predicted octanol–water partition coefficient (Wildman–Crippen LogP) is 0.993. The Balaban J connectivity index is -0.0000000322. The van der Waals surface area contributed by atoms with E-state index < -0.39 is 0 Å². The average Bonchev–Trinajstić information content (AvgIpc) is 2.07. The summed E-state index contributed by atoms with van der Waals surface area (Å²) in [5, 5.41) is 24.8. The van der Waals surface area contributed by atoms with Gasteiger partial charge in [-0.1, -0.05) is 0 Å². The number of rotatable bonds is 0. The number of nitrogens with zero attached hydrogens (tertiary/aromatic N) is 4. The number of hydrogen-bond acceptors (Lipinski definition) is 5. The van der Waals surface area contributed by atoms with E-state index in [4.69, 9.17) is 13.7 Å².